The van der Waals surface area contributed by atoms with E-state index >= 15 is 0 Å². The lowest BCUT2D eigenvalue weighted by Crippen LogP contribution is -2.10. The molecule has 0 radical (unpaired) electrons. The van der Waals surface area contributed by atoms with E-state index < -0.39 is 0 Å². The highest BCUT2D eigenvalue weighted by Crippen LogP contribution is 2.44. The Bertz CT molecular complexity index is 2550. The van der Waals surface area contributed by atoms with E-state index in [2.05, 4.69) is 187 Å². The summed E-state index contributed by atoms with van der Waals surface area (Å²) in [4.78, 5) is 2.36. The SMILES string of the molecule is c1ccc(-c2c(-c3cccc(N(c4ccc(-c5cccc6ccccc56)cc4)c4cccc5ccccc45)c3)oc3ccccc23)cc1. The highest BCUT2D eigenvalue weighted by atomic mass is 16.3. The predicted octanol–water partition coefficient (Wildman–Crippen LogP) is 13.2. The lowest BCUT2D eigenvalue weighted by molar-refractivity contribution is 0.632. The van der Waals surface area contributed by atoms with Crippen molar-refractivity contribution in [3.05, 3.63) is 188 Å². The van der Waals surface area contributed by atoms with Gasteiger partial charge in [0, 0.05) is 33.3 Å². The average Bonchev–Trinajstić information content (AvgIpc) is 3.56. The number of hydrogen-bond donors (Lipinski definition) is 0. The predicted molar refractivity (Wildman–Crippen MR) is 202 cm³/mol. The Kier molecular flexibility index (Phi) is 6.84. The van der Waals surface area contributed by atoms with E-state index in [1.165, 1.54) is 32.7 Å². The Hall–Kier alpha value is -6.38. The number of benzene rings is 8. The van der Waals surface area contributed by atoms with Crippen LogP contribution in [0.2, 0.25) is 0 Å². The Morgan fingerprint density at radius 2 is 0.979 bits per heavy atom. The first-order valence-electron chi connectivity index (χ1n) is 16.4. The van der Waals surface area contributed by atoms with E-state index in [1.54, 1.807) is 0 Å². The molecule has 0 aliphatic carbocycles. The van der Waals surface area contributed by atoms with Gasteiger partial charge >= 0.3 is 0 Å². The Balaban J connectivity index is 1.22. The van der Waals surface area contributed by atoms with E-state index in [1.807, 2.05) is 6.07 Å². The van der Waals surface area contributed by atoms with E-state index in [0.717, 1.165) is 50.5 Å². The van der Waals surface area contributed by atoms with Gasteiger partial charge in [0.25, 0.3) is 0 Å². The number of anilines is 3. The molecule has 1 heterocycles. The summed E-state index contributed by atoms with van der Waals surface area (Å²) in [5, 5.41) is 6.00. The quantitative estimate of drug-likeness (QED) is 0.185. The molecule has 48 heavy (non-hydrogen) atoms. The van der Waals surface area contributed by atoms with Gasteiger partial charge in [-0.2, -0.15) is 0 Å². The Labute approximate surface area is 279 Å². The van der Waals surface area contributed by atoms with E-state index in [-0.39, 0.29) is 0 Å². The lowest BCUT2D eigenvalue weighted by Gasteiger charge is -2.27. The smallest absolute Gasteiger partial charge is 0.143 e. The standard InChI is InChI=1S/C46H31NO/c1-2-15-35(16-3-1)45-42-23-8-9-26-44(42)48-46(45)36-19-10-20-38(31-36)47(43-25-12-18-33-14-5-7-22-41(33)43)37-29-27-34(28-30-37)40-24-11-17-32-13-4-6-21-39(32)40/h1-31H. The minimum atomic E-state index is 0.869. The van der Waals surface area contributed by atoms with E-state index in [9.17, 15) is 0 Å². The van der Waals surface area contributed by atoms with Crippen molar-refractivity contribution in [2.75, 3.05) is 4.90 Å². The third-order valence-corrected chi connectivity index (χ3v) is 9.26. The Morgan fingerprint density at radius 3 is 1.79 bits per heavy atom. The normalized spacial score (nSPS) is 11.3. The fraction of sp³-hybridized carbons (Fsp3) is 0. The number of fused-ring (bicyclic) bond motifs is 3. The summed E-state index contributed by atoms with van der Waals surface area (Å²) >= 11 is 0. The molecule has 1 aromatic heterocycles. The zero-order chi connectivity index (χ0) is 31.9. The van der Waals surface area contributed by atoms with Crippen molar-refractivity contribution in [2.45, 2.75) is 0 Å². The van der Waals surface area contributed by atoms with Crippen LogP contribution in [0.3, 0.4) is 0 Å². The van der Waals surface area contributed by atoms with Crippen molar-refractivity contribution >= 4 is 49.6 Å². The van der Waals surface area contributed by atoms with Gasteiger partial charge in [0.1, 0.15) is 11.3 Å². The lowest BCUT2D eigenvalue weighted by atomic mass is 9.97. The topological polar surface area (TPSA) is 16.4 Å². The average molecular weight is 614 g/mol. The van der Waals surface area contributed by atoms with Crippen LogP contribution in [0, 0.1) is 0 Å². The van der Waals surface area contributed by atoms with Crippen molar-refractivity contribution in [2.24, 2.45) is 0 Å². The van der Waals surface area contributed by atoms with Crippen molar-refractivity contribution in [1.82, 2.24) is 0 Å². The van der Waals surface area contributed by atoms with Crippen molar-refractivity contribution in [3.8, 4) is 33.6 Å². The maximum Gasteiger partial charge on any atom is 0.143 e. The summed E-state index contributed by atoms with van der Waals surface area (Å²) < 4.78 is 6.64. The number of furan rings is 1. The molecule has 0 bridgehead atoms. The molecule has 0 fully saturated rings. The van der Waals surface area contributed by atoms with Crippen molar-refractivity contribution < 1.29 is 4.42 Å². The highest BCUT2D eigenvalue weighted by Gasteiger charge is 2.20. The molecular formula is C46H31NO. The molecule has 0 N–H and O–H groups in total. The van der Waals surface area contributed by atoms with Crippen LogP contribution in [0.15, 0.2) is 192 Å². The third kappa shape index (κ3) is 4.83. The highest BCUT2D eigenvalue weighted by molar-refractivity contribution is 6.03. The first-order chi connectivity index (χ1) is 23.8. The van der Waals surface area contributed by atoms with Crippen LogP contribution < -0.4 is 4.90 Å². The second kappa shape index (κ2) is 11.8. The second-order valence-electron chi connectivity index (χ2n) is 12.1. The van der Waals surface area contributed by atoms with Gasteiger partial charge in [-0.3, -0.25) is 0 Å². The summed E-state index contributed by atoms with van der Waals surface area (Å²) in [5.41, 5.74) is 9.84. The van der Waals surface area contributed by atoms with Crippen LogP contribution in [0.1, 0.15) is 0 Å². The molecule has 0 saturated carbocycles. The molecule has 9 rings (SSSR count). The first-order valence-corrected chi connectivity index (χ1v) is 16.4. The van der Waals surface area contributed by atoms with Gasteiger partial charge < -0.3 is 9.32 Å². The molecule has 2 nitrogen and oxygen atoms in total. The largest absolute Gasteiger partial charge is 0.455 e. The van der Waals surface area contributed by atoms with Gasteiger partial charge in [-0.25, -0.2) is 0 Å². The molecule has 0 unspecified atom stereocenters. The maximum atomic E-state index is 6.64. The molecule has 0 aliphatic heterocycles. The van der Waals surface area contributed by atoms with Gasteiger partial charge in [0.2, 0.25) is 0 Å². The number of hydrogen-bond acceptors (Lipinski definition) is 2. The fourth-order valence-electron chi connectivity index (χ4n) is 7.02. The molecule has 0 amide bonds. The minimum Gasteiger partial charge on any atom is -0.455 e. The molecule has 0 spiro atoms. The summed E-state index contributed by atoms with van der Waals surface area (Å²) in [6.07, 6.45) is 0. The molecular weight excluding hydrogens is 583 g/mol. The molecule has 9 aromatic rings. The minimum absolute atomic E-state index is 0.869. The van der Waals surface area contributed by atoms with Crippen LogP contribution in [0.5, 0.6) is 0 Å². The van der Waals surface area contributed by atoms with Crippen LogP contribution in [-0.2, 0) is 0 Å². The summed E-state index contributed by atoms with van der Waals surface area (Å²) in [7, 11) is 0. The van der Waals surface area contributed by atoms with Crippen LogP contribution >= 0.6 is 0 Å². The monoisotopic (exact) mass is 613 g/mol. The van der Waals surface area contributed by atoms with Gasteiger partial charge in [-0.05, 0) is 69.2 Å². The van der Waals surface area contributed by atoms with Gasteiger partial charge in [0.05, 0.1) is 5.69 Å². The molecule has 226 valence electrons. The molecule has 8 aromatic carbocycles. The second-order valence-corrected chi connectivity index (χ2v) is 12.1. The first kappa shape index (κ1) is 27.9. The van der Waals surface area contributed by atoms with Gasteiger partial charge in [-0.15, -0.1) is 0 Å². The van der Waals surface area contributed by atoms with E-state index in [4.69, 9.17) is 4.42 Å². The number of rotatable bonds is 6. The van der Waals surface area contributed by atoms with Crippen molar-refractivity contribution in [3.63, 3.8) is 0 Å². The van der Waals surface area contributed by atoms with Crippen LogP contribution in [0.25, 0.3) is 66.1 Å². The van der Waals surface area contributed by atoms with E-state index in [0.29, 0.717) is 0 Å². The summed E-state index contributed by atoms with van der Waals surface area (Å²) in [6.45, 7) is 0. The maximum absolute atomic E-state index is 6.64. The Morgan fingerprint density at radius 1 is 0.375 bits per heavy atom. The number of nitrogens with zero attached hydrogens (tertiary/aromatic N) is 1. The third-order valence-electron chi connectivity index (χ3n) is 9.26. The van der Waals surface area contributed by atoms with Gasteiger partial charge in [0.15, 0.2) is 0 Å². The zero-order valence-corrected chi connectivity index (χ0v) is 26.3. The van der Waals surface area contributed by atoms with Crippen LogP contribution in [-0.4, -0.2) is 0 Å². The zero-order valence-electron chi connectivity index (χ0n) is 26.3. The molecule has 0 aliphatic rings. The van der Waals surface area contributed by atoms with Crippen molar-refractivity contribution in [1.29, 1.82) is 0 Å². The summed E-state index contributed by atoms with van der Waals surface area (Å²) in [5.74, 6) is 0.869. The molecule has 0 saturated heterocycles. The molecule has 2 heteroatoms. The van der Waals surface area contributed by atoms with Crippen LogP contribution in [0.4, 0.5) is 17.1 Å². The fourth-order valence-corrected chi connectivity index (χ4v) is 7.02. The van der Waals surface area contributed by atoms with Gasteiger partial charge in [-0.1, -0.05) is 152 Å². The summed E-state index contributed by atoms with van der Waals surface area (Å²) in [6, 6.07) is 66.8. The number of para-hydroxylation sites is 1. The molecule has 0 atom stereocenters.